The number of ether oxygens (including phenoxy) is 1. The van der Waals surface area contributed by atoms with Gasteiger partial charge in [0.1, 0.15) is 5.75 Å². The first-order valence-electron chi connectivity index (χ1n) is 5.17. The standard InChI is InChI=1S/C12H14BrN3O/c1-7-11(15-12(14)16(7)2)8-4-5-10(17-3)9(13)6-8/h4-6H,1-3H3,(H2,14,15). The molecule has 0 amide bonds. The minimum absolute atomic E-state index is 0.518. The van der Waals surface area contributed by atoms with Crippen molar-refractivity contribution < 1.29 is 4.74 Å². The van der Waals surface area contributed by atoms with Crippen molar-refractivity contribution in [2.24, 2.45) is 7.05 Å². The minimum atomic E-state index is 0.518. The van der Waals surface area contributed by atoms with Crippen molar-refractivity contribution in [1.29, 1.82) is 0 Å². The van der Waals surface area contributed by atoms with Crippen LogP contribution in [0.5, 0.6) is 5.75 Å². The van der Waals surface area contributed by atoms with Crippen LogP contribution in [0.3, 0.4) is 0 Å². The molecule has 0 spiro atoms. The second kappa shape index (κ2) is 4.41. The molecule has 17 heavy (non-hydrogen) atoms. The molecule has 0 fully saturated rings. The van der Waals surface area contributed by atoms with Crippen LogP contribution in [0.1, 0.15) is 5.69 Å². The molecule has 2 rings (SSSR count). The Hall–Kier alpha value is -1.49. The van der Waals surface area contributed by atoms with Crippen molar-refractivity contribution in [3.05, 3.63) is 28.4 Å². The number of nitrogen functional groups attached to an aromatic ring is 1. The maximum Gasteiger partial charge on any atom is 0.200 e. The fraction of sp³-hybridized carbons (Fsp3) is 0.250. The number of hydrogen-bond donors (Lipinski definition) is 1. The quantitative estimate of drug-likeness (QED) is 0.927. The molecule has 0 radical (unpaired) electrons. The third-order valence-corrected chi connectivity index (χ3v) is 3.46. The first kappa shape index (κ1) is 12.0. The van der Waals surface area contributed by atoms with E-state index >= 15 is 0 Å². The van der Waals surface area contributed by atoms with Gasteiger partial charge >= 0.3 is 0 Å². The smallest absolute Gasteiger partial charge is 0.200 e. The Morgan fingerprint density at radius 2 is 2.12 bits per heavy atom. The molecule has 4 nitrogen and oxygen atoms in total. The zero-order valence-corrected chi connectivity index (χ0v) is 11.6. The lowest BCUT2D eigenvalue weighted by molar-refractivity contribution is 0.412. The number of aromatic nitrogens is 2. The summed E-state index contributed by atoms with van der Waals surface area (Å²) in [5.74, 6) is 1.32. The van der Waals surface area contributed by atoms with Gasteiger partial charge in [0.15, 0.2) is 0 Å². The average Bonchev–Trinajstić information content (AvgIpc) is 2.57. The third kappa shape index (κ3) is 2.02. The first-order valence-corrected chi connectivity index (χ1v) is 5.96. The van der Waals surface area contributed by atoms with Crippen LogP contribution in [0.25, 0.3) is 11.3 Å². The SMILES string of the molecule is COc1ccc(-c2nc(N)n(C)c2C)cc1Br. The van der Waals surface area contributed by atoms with Crippen LogP contribution in [0, 0.1) is 6.92 Å². The fourth-order valence-electron chi connectivity index (χ4n) is 1.69. The van der Waals surface area contributed by atoms with E-state index in [9.17, 15) is 0 Å². The van der Waals surface area contributed by atoms with Crippen molar-refractivity contribution in [2.75, 3.05) is 12.8 Å². The second-order valence-corrected chi connectivity index (χ2v) is 4.67. The fourth-order valence-corrected chi connectivity index (χ4v) is 2.23. The van der Waals surface area contributed by atoms with Gasteiger partial charge in [-0.3, -0.25) is 0 Å². The highest BCUT2D eigenvalue weighted by Crippen LogP contribution is 2.31. The van der Waals surface area contributed by atoms with Crippen LogP contribution < -0.4 is 10.5 Å². The molecule has 0 saturated carbocycles. The van der Waals surface area contributed by atoms with Gasteiger partial charge in [-0.15, -0.1) is 0 Å². The summed E-state index contributed by atoms with van der Waals surface area (Å²) in [4.78, 5) is 4.36. The highest BCUT2D eigenvalue weighted by molar-refractivity contribution is 9.10. The van der Waals surface area contributed by atoms with Gasteiger partial charge in [-0.25, -0.2) is 4.98 Å². The summed E-state index contributed by atoms with van der Waals surface area (Å²) >= 11 is 3.46. The Bertz CT molecular complexity index is 563. The van der Waals surface area contributed by atoms with Crippen molar-refractivity contribution in [3.63, 3.8) is 0 Å². The Balaban J connectivity index is 2.53. The molecule has 0 unspecified atom stereocenters. The molecular formula is C12H14BrN3O. The number of hydrogen-bond acceptors (Lipinski definition) is 3. The number of anilines is 1. The van der Waals surface area contributed by atoms with Crippen LogP contribution >= 0.6 is 15.9 Å². The number of halogens is 1. The third-order valence-electron chi connectivity index (χ3n) is 2.84. The Labute approximate surface area is 109 Å². The summed E-state index contributed by atoms with van der Waals surface area (Å²) in [6.07, 6.45) is 0. The summed E-state index contributed by atoms with van der Waals surface area (Å²) in [6, 6.07) is 5.86. The van der Waals surface area contributed by atoms with E-state index in [4.69, 9.17) is 10.5 Å². The number of benzene rings is 1. The maximum absolute atomic E-state index is 5.79. The molecule has 90 valence electrons. The van der Waals surface area contributed by atoms with E-state index in [2.05, 4.69) is 20.9 Å². The molecule has 0 aliphatic rings. The summed E-state index contributed by atoms with van der Waals surface area (Å²) in [5.41, 5.74) is 8.74. The number of nitrogens with two attached hydrogens (primary N) is 1. The molecule has 0 aliphatic heterocycles. The van der Waals surface area contributed by atoms with Crippen LogP contribution in [-0.4, -0.2) is 16.7 Å². The minimum Gasteiger partial charge on any atom is -0.496 e. The molecule has 5 heteroatoms. The highest BCUT2D eigenvalue weighted by Gasteiger charge is 2.12. The van der Waals surface area contributed by atoms with Gasteiger partial charge in [-0.2, -0.15) is 0 Å². The molecule has 2 aromatic rings. The molecule has 0 atom stereocenters. The Morgan fingerprint density at radius 3 is 2.59 bits per heavy atom. The normalized spacial score (nSPS) is 10.6. The lowest BCUT2D eigenvalue weighted by Gasteiger charge is -2.05. The number of imidazole rings is 1. The second-order valence-electron chi connectivity index (χ2n) is 3.81. The average molecular weight is 296 g/mol. The van der Waals surface area contributed by atoms with Gasteiger partial charge in [0, 0.05) is 18.3 Å². The van der Waals surface area contributed by atoms with E-state index in [1.807, 2.05) is 36.7 Å². The van der Waals surface area contributed by atoms with Gasteiger partial charge in [0.05, 0.1) is 17.3 Å². The van der Waals surface area contributed by atoms with Gasteiger partial charge in [0.25, 0.3) is 0 Å². The summed E-state index contributed by atoms with van der Waals surface area (Å²) in [5, 5.41) is 0. The molecule has 1 aromatic heterocycles. The largest absolute Gasteiger partial charge is 0.496 e. The zero-order valence-electron chi connectivity index (χ0n) is 9.99. The zero-order chi connectivity index (χ0) is 12.6. The van der Waals surface area contributed by atoms with E-state index in [1.54, 1.807) is 7.11 Å². The van der Waals surface area contributed by atoms with E-state index in [0.29, 0.717) is 5.95 Å². The van der Waals surface area contributed by atoms with Crippen molar-refractivity contribution in [2.45, 2.75) is 6.92 Å². The van der Waals surface area contributed by atoms with Gasteiger partial charge < -0.3 is 15.0 Å². The summed E-state index contributed by atoms with van der Waals surface area (Å²) < 4.78 is 7.97. The van der Waals surface area contributed by atoms with Crippen molar-refractivity contribution in [3.8, 4) is 17.0 Å². The van der Waals surface area contributed by atoms with Gasteiger partial charge in [-0.1, -0.05) is 0 Å². The predicted molar refractivity (Wildman–Crippen MR) is 72.0 cm³/mol. The molecule has 0 saturated heterocycles. The van der Waals surface area contributed by atoms with Crippen molar-refractivity contribution in [1.82, 2.24) is 9.55 Å². The van der Waals surface area contributed by atoms with Crippen LogP contribution in [0.2, 0.25) is 0 Å². The molecule has 1 heterocycles. The Morgan fingerprint density at radius 1 is 1.41 bits per heavy atom. The monoisotopic (exact) mass is 295 g/mol. The maximum atomic E-state index is 5.79. The predicted octanol–water partition coefficient (Wildman–Crippen LogP) is 2.75. The first-order chi connectivity index (χ1) is 8.04. The van der Waals surface area contributed by atoms with Gasteiger partial charge in [-0.05, 0) is 41.1 Å². The van der Waals surface area contributed by atoms with Gasteiger partial charge in [0.2, 0.25) is 5.95 Å². The Kier molecular flexibility index (Phi) is 3.11. The molecule has 0 aliphatic carbocycles. The lowest BCUT2D eigenvalue weighted by Crippen LogP contribution is -1.97. The molecule has 1 aromatic carbocycles. The van der Waals surface area contributed by atoms with Crippen molar-refractivity contribution >= 4 is 21.9 Å². The van der Waals surface area contributed by atoms with E-state index < -0.39 is 0 Å². The highest BCUT2D eigenvalue weighted by atomic mass is 79.9. The molecule has 0 bridgehead atoms. The topological polar surface area (TPSA) is 53.1 Å². The van der Waals surface area contributed by atoms with Crippen LogP contribution in [0.15, 0.2) is 22.7 Å². The van der Waals surface area contributed by atoms with Crippen LogP contribution in [0.4, 0.5) is 5.95 Å². The van der Waals surface area contributed by atoms with E-state index in [0.717, 1.165) is 27.2 Å². The number of rotatable bonds is 2. The van der Waals surface area contributed by atoms with Crippen LogP contribution in [-0.2, 0) is 7.05 Å². The van der Waals surface area contributed by atoms with E-state index in [1.165, 1.54) is 0 Å². The summed E-state index contributed by atoms with van der Waals surface area (Å²) in [7, 11) is 3.55. The lowest BCUT2D eigenvalue weighted by atomic mass is 10.1. The number of methoxy groups -OCH3 is 1. The van der Waals surface area contributed by atoms with E-state index in [-0.39, 0.29) is 0 Å². The number of nitrogens with zero attached hydrogens (tertiary/aromatic N) is 2. The molecule has 2 N–H and O–H groups in total. The molecular weight excluding hydrogens is 282 g/mol. The summed E-state index contributed by atoms with van der Waals surface area (Å²) in [6.45, 7) is 2.00.